The summed E-state index contributed by atoms with van der Waals surface area (Å²) in [5.41, 5.74) is 1.22. The fourth-order valence-electron chi connectivity index (χ4n) is 1.59. The number of halogens is 1. The summed E-state index contributed by atoms with van der Waals surface area (Å²) in [5.74, 6) is 0. The average Bonchev–Trinajstić information content (AvgIpc) is 2.24. The number of benzene rings is 1. The first kappa shape index (κ1) is 12.5. The molecule has 0 amide bonds. The summed E-state index contributed by atoms with van der Waals surface area (Å²) < 4.78 is 5.10. The number of ether oxygens (including phenoxy) is 1. The molecule has 0 aliphatic rings. The van der Waals surface area contributed by atoms with Gasteiger partial charge in [0, 0.05) is 24.8 Å². The molecule has 0 saturated carbocycles. The second-order valence-corrected chi connectivity index (χ2v) is 3.88. The molecule has 1 N–H and O–H groups in total. The molecular formula is C12H18ClNO. The summed E-state index contributed by atoms with van der Waals surface area (Å²) in [7, 11) is 1.72. The summed E-state index contributed by atoms with van der Waals surface area (Å²) in [4.78, 5) is 0. The van der Waals surface area contributed by atoms with E-state index in [2.05, 4.69) is 18.3 Å². The van der Waals surface area contributed by atoms with Gasteiger partial charge in [-0.1, -0.05) is 30.7 Å². The molecule has 2 nitrogen and oxygen atoms in total. The molecule has 1 aromatic carbocycles. The SMILES string of the molecule is CCNC(CCOC)c1cccc(Cl)c1. The zero-order chi connectivity index (χ0) is 11.1. The summed E-state index contributed by atoms with van der Waals surface area (Å²) in [6.07, 6.45) is 0.963. The third kappa shape index (κ3) is 4.20. The largest absolute Gasteiger partial charge is 0.385 e. The van der Waals surface area contributed by atoms with Gasteiger partial charge in [-0.15, -0.1) is 0 Å². The van der Waals surface area contributed by atoms with Crippen molar-refractivity contribution < 1.29 is 4.74 Å². The minimum atomic E-state index is 0.327. The van der Waals surface area contributed by atoms with Crippen LogP contribution in [0.15, 0.2) is 24.3 Å². The lowest BCUT2D eigenvalue weighted by molar-refractivity contribution is 0.183. The van der Waals surface area contributed by atoms with Gasteiger partial charge in [0.25, 0.3) is 0 Å². The Morgan fingerprint density at radius 2 is 2.27 bits per heavy atom. The molecule has 15 heavy (non-hydrogen) atoms. The fraction of sp³-hybridized carbons (Fsp3) is 0.500. The Balaban J connectivity index is 2.69. The van der Waals surface area contributed by atoms with E-state index in [-0.39, 0.29) is 0 Å². The summed E-state index contributed by atoms with van der Waals surface area (Å²) in [6, 6.07) is 8.30. The van der Waals surface area contributed by atoms with Crippen LogP contribution in [0.1, 0.15) is 24.9 Å². The molecule has 84 valence electrons. The maximum Gasteiger partial charge on any atom is 0.0480 e. The molecule has 3 heteroatoms. The molecule has 0 spiro atoms. The maximum absolute atomic E-state index is 5.96. The Hall–Kier alpha value is -0.570. The summed E-state index contributed by atoms with van der Waals surface area (Å²) >= 11 is 5.96. The van der Waals surface area contributed by atoms with Gasteiger partial charge < -0.3 is 10.1 Å². The Morgan fingerprint density at radius 3 is 2.87 bits per heavy atom. The van der Waals surface area contributed by atoms with Crippen LogP contribution in [0.2, 0.25) is 5.02 Å². The number of nitrogens with one attached hydrogen (secondary N) is 1. The molecule has 0 heterocycles. The minimum absolute atomic E-state index is 0.327. The smallest absolute Gasteiger partial charge is 0.0480 e. The second-order valence-electron chi connectivity index (χ2n) is 3.45. The number of methoxy groups -OCH3 is 1. The van der Waals surface area contributed by atoms with Crippen LogP contribution in [0.4, 0.5) is 0 Å². The monoisotopic (exact) mass is 227 g/mol. The highest BCUT2D eigenvalue weighted by atomic mass is 35.5. The van der Waals surface area contributed by atoms with Crippen molar-refractivity contribution in [2.24, 2.45) is 0 Å². The van der Waals surface area contributed by atoms with E-state index >= 15 is 0 Å². The topological polar surface area (TPSA) is 21.3 Å². The van der Waals surface area contributed by atoms with Crippen LogP contribution in [0.3, 0.4) is 0 Å². The van der Waals surface area contributed by atoms with Crippen LogP contribution >= 0.6 is 11.6 Å². The van der Waals surface area contributed by atoms with Gasteiger partial charge in [0.15, 0.2) is 0 Å². The molecule has 1 aromatic rings. The first-order chi connectivity index (χ1) is 7.27. The number of hydrogen-bond donors (Lipinski definition) is 1. The second kappa shape index (κ2) is 6.83. The Kier molecular flexibility index (Phi) is 5.69. The molecule has 0 radical (unpaired) electrons. The third-order valence-corrected chi connectivity index (χ3v) is 2.55. The fourth-order valence-corrected chi connectivity index (χ4v) is 1.79. The van der Waals surface area contributed by atoms with Crippen molar-refractivity contribution in [2.75, 3.05) is 20.3 Å². The van der Waals surface area contributed by atoms with E-state index in [1.165, 1.54) is 5.56 Å². The summed E-state index contributed by atoms with van der Waals surface area (Å²) in [6.45, 7) is 3.80. The van der Waals surface area contributed by atoms with Gasteiger partial charge in [0.05, 0.1) is 0 Å². The van der Waals surface area contributed by atoms with Crippen molar-refractivity contribution in [3.8, 4) is 0 Å². The van der Waals surface area contributed by atoms with Gasteiger partial charge in [0.1, 0.15) is 0 Å². The van der Waals surface area contributed by atoms with E-state index in [1.54, 1.807) is 7.11 Å². The van der Waals surface area contributed by atoms with Crippen LogP contribution in [-0.2, 0) is 4.74 Å². The van der Waals surface area contributed by atoms with Crippen molar-refractivity contribution in [2.45, 2.75) is 19.4 Å². The molecule has 0 saturated heterocycles. The molecule has 1 atom stereocenters. The normalized spacial score (nSPS) is 12.7. The van der Waals surface area contributed by atoms with Gasteiger partial charge in [-0.3, -0.25) is 0 Å². The van der Waals surface area contributed by atoms with Crippen molar-refractivity contribution >= 4 is 11.6 Å². The van der Waals surface area contributed by atoms with E-state index in [9.17, 15) is 0 Å². The lowest BCUT2D eigenvalue weighted by atomic mass is 10.0. The van der Waals surface area contributed by atoms with E-state index < -0.39 is 0 Å². The third-order valence-electron chi connectivity index (χ3n) is 2.31. The standard InChI is InChI=1S/C12H18ClNO/c1-3-14-12(7-8-15-2)10-5-4-6-11(13)9-10/h4-6,9,12,14H,3,7-8H2,1-2H3. The predicted octanol–water partition coefficient (Wildman–Crippen LogP) is 3.03. The van der Waals surface area contributed by atoms with Crippen LogP contribution in [0.25, 0.3) is 0 Å². The predicted molar refractivity (Wildman–Crippen MR) is 64.4 cm³/mol. The van der Waals surface area contributed by atoms with Crippen molar-refractivity contribution in [3.63, 3.8) is 0 Å². The van der Waals surface area contributed by atoms with Crippen molar-refractivity contribution in [1.82, 2.24) is 5.32 Å². The van der Waals surface area contributed by atoms with Crippen LogP contribution in [0, 0.1) is 0 Å². The first-order valence-electron chi connectivity index (χ1n) is 5.25. The van der Waals surface area contributed by atoms with Gasteiger partial charge >= 0.3 is 0 Å². The Morgan fingerprint density at radius 1 is 1.47 bits per heavy atom. The molecule has 1 rings (SSSR count). The van der Waals surface area contributed by atoms with E-state index in [1.807, 2.05) is 18.2 Å². The van der Waals surface area contributed by atoms with E-state index in [4.69, 9.17) is 16.3 Å². The van der Waals surface area contributed by atoms with Gasteiger partial charge in [0.2, 0.25) is 0 Å². The molecular weight excluding hydrogens is 210 g/mol. The lowest BCUT2D eigenvalue weighted by Gasteiger charge is -2.18. The van der Waals surface area contributed by atoms with Gasteiger partial charge in [-0.05, 0) is 30.7 Å². The zero-order valence-corrected chi connectivity index (χ0v) is 10.1. The average molecular weight is 228 g/mol. The molecule has 0 aliphatic carbocycles. The summed E-state index contributed by atoms with van der Waals surface area (Å²) in [5, 5.41) is 4.21. The quantitative estimate of drug-likeness (QED) is 0.807. The molecule has 0 aromatic heterocycles. The van der Waals surface area contributed by atoms with Crippen molar-refractivity contribution in [3.05, 3.63) is 34.9 Å². The lowest BCUT2D eigenvalue weighted by Crippen LogP contribution is -2.22. The van der Waals surface area contributed by atoms with Gasteiger partial charge in [-0.2, -0.15) is 0 Å². The first-order valence-corrected chi connectivity index (χ1v) is 5.63. The highest BCUT2D eigenvalue weighted by Crippen LogP contribution is 2.20. The minimum Gasteiger partial charge on any atom is -0.385 e. The highest BCUT2D eigenvalue weighted by Gasteiger charge is 2.09. The van der Waals surface area contributed by atoms with Crippen LogP contribution in [0.5, 0.6) is 0 Å². The number of hydrogen-bond acceptors (Lipinski definition) is 2. The van der Waals surface area contributed by atoms with E-state index in [0.29, 0.717) is 6.04 Å². The Labute approximate surface area is 96.6 Å². The zero-order valence-electron chi connectivity index (χ0n) is 9.29. The van der Waals surface area contributed by atoms with Crippen molar-refractivity contribution in [1.29, 1.82) is 0 Å². The molecule has 0 aliphatic heterocycles. The number of rotatable bonds is 6. The molecule has 0 bridgehead atoms. The van der Waals surface area contributed by atoms with Gasteiger partial charge in [-0.25, -0.2) is 0 Å². The molecule has 0 fully saturated rings. The van der Waals surface area contributed by atoms with Crippen LogP contribution in [-0.4, -0.2) is 20.3 Å². The molecule has 1 unspecified atom stereocenters. The van der Waals surface area contributed by atoms with Crippen LogP contribution < -0.4 is 5.32 Å². The maximum atomic E-state index is 5.96. The highest BCUT2D eigenvalue weighted by molar-refractivity contribution is 6.30. The Bertz CT molecular complexity index is 291. The van der Waals surface area contributed by atoms with E-state index in [0.717, 1.165) is 24.6 Å².